The van der Waals surface area contributed by atoms with Gasteiger partial charge in [0.2, 0.25) is 41.4 Å². The monoisotopic (exact) mass is 934 g/mol. The Labute approximate surface area is 381 Å². The molecule has 2 aromatic carbocycles. The van der Waals surface area contributed by atoms with E-state index >= 15 is 0 Å². The predicted molar refractivity (Wildman–Crippen MR) is 238 cm³/mol. The highest BCUT2D eigenvalue weighted by molar-refractivity contribution is 7.99. The van der Waals surface area contributed by atoms with Crippen molar-refractivity contribution >= 4 is 75.0 Å². The van der Waals surface area contributed by atoms with Gasteiger partial charge in [-0.3, -0.25) is 33.6 Å². The van der Waals surface area contributed by atoms with E-state index in [0.717, 1.165) is 22.0 Å². The number of aromatic nitrogens is 1. The van der Waals surface area contributed by atoms with Crippen LogP contribution in [-0.4, -0.2) is 151 Å². The molecular weight excluding hydrogens is 881 g/mol. The Hall–Kier alpha value is -6.33. The average Bonchev–Trinajstić information content (AvgIpc) is 3.84. The number of aliphatic hydroxyl groups excluding tert-OH is 3. The maximum absolute atomic E-state index is 14.3. The Balaban J connectivity index is 0.000000566. The number of thioether (sulfide) groups is 1. The zero-order valence-electron chi connectivity index (χ0n) is 36.5. The molecule has 10 unspecified atom stereocenters. The number of carbonyl (C=O) groups is 7. The van der Waals surface area contributed by atoms with Crippen molar-refractivity contribution in [2.24, 2.45) is 0 Å². The summed E-state index contributed by atoms with van der Waals surface area (Å²) in [7, 11) is 0. The summed E-state index contributed by atoms with van der Waals surface area (Å²) in [5.74, 6) is -6.26. The van der Waals surface area contributed by atoms with E-state index in [2.05, 4.69) is 36.9 Å². The summed E-state index contributed by atoms with van der Waals surface area (Å²) in [6.07, 6.45) is -3.53. The van der Waals surface area contributed by atoms with Gasteiger partial charge in [-0.1, -0.05) is 36.4 Å². The van der Waals surface area contributed by atoms with Gasteiger partial charge < -0.3 is 66.6 Å². The molecule has 0 aliphatic carbocycles. The van der Waals surface area contributed by atoms with Gasteiger partial charge in [0, 0.05) is 53.9 Å². The number of nitrogens with zero attached hydrogens (tertiary/aromatic N) is 1. The summed E-state index contributed by atoms with van der Waals surface area (Å²) in [5, 5.41) is 59.0. The van der Waals surface area contributed by atoms with Gasteiger partial charge in [0.1, 0.15) is 47.9 Å². The molecule has 10 atom stereocenters. The van der Waals surface area contributed by atoms with Crippen LogP contribution in [-0.2, 0) is 40.0 Å². The first-order valence-electron chi connectivity index (χ1n) is 21.3. The second-order valence-corrected chi connectivity index (χ2v) is 17.9. The van der Waals surface area contributed by atoms with E-state index in [-0.39, 0.29) is 30.8 Å². The zero-order chi connectivity index (χ0) is 48.0. The van der Waals surface area contributed by atoms with Crippen molar-refractivity contribution < 1.29 is 58.4 Å². The number of aliphatic hydroxyl groups is 4. The highest BCUT2D eigenvalue weighted by Crippen LogP contribution is 2.32. The molecule has 4 aromatic rings. The first-order chi connectivity index (χ1) is 31.2. The predicted octanol–water partition coefficient (Wildman–Crippen LogP) is -1.95. The van der Waals surface area contributed by atoms with Crippen molar-refractivity contribution in [1.82, 2.24) is 41.8 Å². The molecule has 5 heterocycles. The van der Waals surface area contributed by atoms with Gasteiger partial charge in [-0.2, -0.15) is 0 Å². The van der Waals surface area contributed by atoms with Crippen molar-refractivity contribution in [1.29, 1.82) is 0 Å². The van der Waals surface area contributed by atoms with E-state index in [1.54, 1.807) is 36.4 Å². The molecule has 3 aliphatic rings. The van der Waals surface area contributed by atoms with Gasteiger partial charge >= 0.3 is 5.63 Å². The highest BCUT2D eigenvalue weighted by atomic mass is 32.2. The van der Waals surface area contributed by atoms with Crippen LogP contribution in [0.1, 0.15) is 46.1 Å². The third-order valence-corrected chi connectivity index (χ3v) is 12.5. The van der Waals surface area contributed by atoms with Crippen LogP contribution in [0.2, 0.25) is 0 Å². The fourth-order valence-corrected chi connectivity index (χ4v) is 8.86. The number of carbonyl (C=O) groups excluding carboxylic acids is 7. The summed E-state index contributed by atoms with van der Waals surface area (Å²) in [4.78, 5) is 112. The minimum atomic E-state index is -1.90. The van der Waals surface area contributed by atoms with Crippen LogP contribution < -0.4 is 37.5 Å². The lowest BCUT2D eigenvalue weighted by atomic mass is 9.96. The molecule has 1 fully saturated rings. The van der Waals surface area contributed by atoms with Crippen molar-refractivity contribution in [2.75, 3.05) is 18.9 Å². The molecule has 2 aromatic heterocycles. The van der Waals surface area contributed by atoms with Crippen LogP contribution in [0.15, 0.2) is 74.9 Å². The Bertz CT molecular complexity index is 2550. The SMILES string of the molecule is CC1NC(=O)C(CC(C)(O)CO)NC(=O)C2Cc3c([nH]c4ccccc34)SCC(NC(=O)C(C(C)O)NC1=O)C(=O)N1CC(O)CC1C(=O)NC(C)C(=O)N2.O=c1ccc2ccccc2o1. The lowest BCUT2D eigenvalue weighted by Crippen LogP contribution is -2.61. The van der Waals surface area contributed by atoms with E-state index in [0.29, 0.717) is 27.1 Å². The summed E-state index contributed by atoms with van der Waals surface area (Å²) >= 11 is 1.08. The van der Waals surface area contributed by atoms with Crippen molar-refractivity contribution in [3.8, 4) is 0 Å². The number of amides is 7. The number of benzene rings is 2. The van der Waals surface area contributed by atoms with E-state index in [4.69, 9.17) is 4.42 Å². The number of hydrogen-bond donors (Lipinski definition) is 11. The van der Waals surface area contributed by atoms with E-state index in [1.807, 2.05) is 18.2 Å². The summed E-state index contributed by atoms with van der Waals surface area (Å²) in [6, 6.07) is 7.73. The first-order valence-corrected chi connectivity index (χ1v) is 22.3. The molecule has 354 valence electrons. The number of fused-ring (bicyclic) bond motifs is 6. The van der Waals surface area contributed by atoms with Crippen molar-refractivity contribution in [3.63, 3.8) is 0 Å². The second kappa shape index (κ2) is 20.9. The third kappa shape index (κ3) is 11.7. The molecular formula is C44H54N8O13S. The Kier molecular flexibility index (Phi) is 15.5. The standard InChI is InChI=1S/C35H48N8O11S.C9H6O2/c1-15-27(47)38-22-10-20-19-7-5-6-8-21(19)41-33(20)55-13-24(34(53)43-12-18(46)9-25(43)31(51)37-15)40-32(52)26(17(3)45)42-28(48)16(2)36-30(50)23(39-29(22)49)11-35(4,54)14-44;10-9-6-5-7-3-1-2-4-8(7)11-9/h5-8,15-18,22-26,41,44-46,54H,9-14H2,1-4H3,(H,36,50)(H,37,51)(H,38,47)(H,39,49)(H,40,52)(H,42,48);1-6H. The molecule has 66 heavy (non-hydrogen) atoms. The minimum absolute atomic E-state index is 0.170. The van der Waals surface area contributed by atoms with Gasteiger partial charge in [-0.05, 0) is 51.5 Å². The summed E-state index contributed by atoms with van der Waals surface area (Å²) in [5.41, 5.74) is -0.404. The topological polar surface area (TPSA) is 322 Å². The van der Waals surface area contributed by atoms with Crippen LogP contribution >= 0.6 is 11.8 Å². The molecule has 21 nitrogen and oxygen atoms in total. The number of H-pyrrole nitrogens is 1. The van der Waals surface area contributed by atoms with Crippen LogP contribution in [0.25, 0.3) is 21.9 Å². The summed E-state index contributed by atoms with van der Waals surface area (Å²) in [6.45, 7) is 4.02. The van der Waals surface area contributed by atoms with Gasteiger partial charge in [0.15, 0.2) is 0 Å². The molecule has 0 saturated carbocycles. The zero-order valence-corrected chi connectivity index (χ0v) is 37.3. The fraction of sp³-hybridized carbons (Fsp3) is 0.455. The molecule has 22 heteroatoms. The number of hydrogen-bond acceptors (Lipinski definition) is 14. The lowest BCUT2D eigenvalue weighted by molar-refractivity contribution is -0.142. The second-order valence-electron chi connectivity index (χ2n) is 16.9. The number of aromatic amines is 1. The van der Waals surface area contributed by atoms with Gasteiger partial charge in [0.25, 0.3) is 0 Å². The Morgan fingerprint density at radius 1 is 0.788 bits per heavy atom. The van der Waals surface area contributed by atoms with Gasteiger partial charge in [0.05, 0.1) is 29.4 Å². The van der Waals surface area contributed by atoms with Crippen LogP contribution in [0.4, 0.5) is 0 Å². The number of nitrogens with one attached hydrogen (secondary N) is 7. The lowest BCUT2D eigenvalue weighted by Gasteiger charge is -2.31. The third-order valence-electron chi connectivity index (χ3n) is 11.4. The smallest absolute Gasteiger partial charge is 0.336 e. The van der Waals surface area contributed by atoms with Crippen LogP contribution in [0.5, 0.6) is 0 Å². The fourth-order valence-electron chi connectivity index (χ4n) is 7.76. The van der Waals surface area contributed by atoms with E-state index in [9.17, 15) is 58.8 Å². The molecule has 3 aliphatic heterocycles. The molecule has 1 saturated heterocycles. The molecule has 7 rings (SSSR count). The maximum atomic E-state index is 14.3. The molecule has 7 amide bonds. The quantitative estimate of drug-likeness (QED) is 0.0992. The van der Waals surface area contributed by atoms with Crippen molar-refractivity contribution in [2.45, 2.75) is 112 Å². The maximum Gasteiger partial charge on any atom is 0.336 e. The Morgan fingerprint density at radius 3 is 2.15 bits per heavy atom. The summed E-state index contributed by atoms with van der Waals surface area (Å²) < 4.78 is 4.91. The van der Waals surface area contributed by atoms with Crippen molar-refractivity contribution in [3.05, 3.63) is 76.6 Å². The number of para-hydroxylation sites is 2. The molecule has 0 radical (unpaired) electrons. The average molecular weight is 935 g/mol. The largest absolute Gasteiger partial charge is 0.423 e. The molecule has 2 bridgehead atoms. The first kappa shape index (κ1) is 49.1. The van der Waals surface area contributed by atoms with E-state index in [1.165, 1.54) is 33.8 Å². The minimum Gasteiger partial charge on any atom is -0.423 e. The van der Waals surface area contributed by atoms with Gasteiger partial charge in [-0.25, -0.2) is 4.79 Å². The Morgan fingerprint density at radius 2 is 1.44 bits per heavy atom. The molecule has 11 N–H and O–H groups in total. The normalized spacial score (nSPS) is 27.3. The highest BCUT2D eigenvalue weighted by Gasteiger charge is 2.44. The van der Waals surface area contributed by atoms with Crippen LogP contribution in [0.3, 0.4) is 0 Å². The number of rotatable bonds is 4. The van der Waals surface area contributed by atoms with E-state index < -0.39 is 114 Å². The van der Waals surface area contributed by atoms with Crippen LogP contribution in [0, 0.1) is 0 Å². The van der Waals surface area contributed by atoms with Gasteiger partial charge in [-0.15, -0.1) is 11.8 Å². The molecule has 0 spiro atoms.